The summed E-state index contributed by atoms with van der Waals surface area (Å²) in [5.74, 6) is -0.935. The average molecular weight is 328 g/mol. The second-order valence-electron chi connectivity index (χ2n) is 6.48. The predicted octanol–water partition coefficient (Wildman–Crippen LogP) is 0.362. The van der Waals surface area contributed by atoms with Crippen LogP contribution in [0.5, 0.6) is 0 Å². The van der Waals surface area contributed by atoms with Crippen LogP contribution in [0.2, 0.25) is 0 Å². The van der Waals surface area contributed by atoms with E-state index in [0.29, 0.717) is 19.3 Å². The van der Waals surface area contributed by atoms with Crippen molar-refractivity contribution in [3.63, 3.8) is 0 Å². The van der Waals surface area contributed by atoms with Crippen LogP contribution in [0.15, 0.2) is 0 Å². The zero-order valence-corrected chi connectivity index (χ0v) is 13.6. The molecule has 1 amide bonds. The molecule has 0 aromatic rings. The van der Waals surface area contributed by atoms with Crippen LogP contribution in [0.3, 0.4) is 0 Å². The fraction of sp³-hybridized carbons (Fsp3) is 0.875. The summed E-state index contributed by atoms with van der Waals surface area (Å²) in [5, 5.41) is 21.2. The quantitative estimate of drug-likeness (QED) is 0.624. The molecule has 3 atom stereocenters. The lowest BCUT2D eigenvalue weighted by Crippen LogP contribution is -2.51. The van der Waals surface area contributed by atoms with Crippen molar-refractivity contribution in [2.75, 3.05) is 26.2 Å². The first-order valence-corrected chi connectivity index (χ1v) is 8.58. The summed E-state index contributed by atoms with van der Waals surface area (Å²) >= 11 is 0. The molecule has 0 bridgehead atoms. The molecule has 2 saturated heterocycles. The molecule has 2 aliphatic heterocycles. The average Bonchev–Trinajstić information content (AvgIpc) is 2.55. The number of nitrogens with zero attached hydrogens (tertiary/aromatic N) is 1. The van der Waals surface area contributed by atoms with E-state index in [-0.39, 0.29) is 31.1 Å². The van der Waals surface area contributed by atoms with Crippen molar-refractivity contribution in [3.05, 3.63) is 0 Å². The molecule has 7 nitrogen and oxygen atoms in total. The molecule has 2 aliphatic rings. The lowest BCUT2D eigenvalue weighted by Gasteiger charge is -2.35. The van der Waals surface area contributed by atoms with Crippen LogP contribution in [0, 0.1) is 0 Å². The number of nitrogens with one attached hydrogen (secondary N) is 1. The first-order valence-electron chi connectivity index (χ1n) is 8.58. The van der Waals surface area contributed by atoms with Crippen LogP contribution < -0.4 is 5.32 Å². The van der Waals surface area contributed by atoms with Crippen LogP contribution in [-0.2, 0) is 14.3 Å². The SMILES string of the molecule is O=C(O)C[C@@H]1CC[C@@H](NC(=O)CCN2CCCCC2)[C@H](CO)O1. The minimum Gasteiger partial charge on any atom is -0.481 e. The number of piperidine rings is 1. The van der Waals surface area contributed by atoms with Gasteiger partial charge < -0.3 is 25.2 Å². The van der Waals surface area contributed by atoms with Gasteiger partial charge >= 0.3 is 5.97 Å². The molecule has 0 unspecified atom stereocenters. The zero-order chi connectivity index (χ0) is 16.7. The minimum absolute atomic E-state index is 0.0284. The molecule has 0 radical (unpaired) electrons. The van der Waals surface area contributed by atoms with Gasteiger partial charge in [-0.3, -0.25) is 9.59 Å². The third kappa shape index (κ3) is 6.08. The maximum atomic E-state index is 12.1. The van der Waals surface area contributed by atoms with Crippen LogP contribution in [-0.4, -0.2) is 71.5 Å². The summed E-state index contributed by atoms with van der Waals surface area (Å²) < 4.78 is 5.60. The lowest BCUT2D eigenvalue weighted by molar-refractivity contribution is -0.147. The topological polar surface area (TPSA) is 99.1 Å². The third-order valence-corrected chi connectivity index (χ3v) is 4.65. The summed E-state index contributed by atoms with van der Waals surface area (Å²) in [4.78, 5) is 25.2. The van der Waals surface area contributed by atoms with E-state index >= 15 is 0 Å². The Bertz CT molecular complexity index is 398. The molecule has 7 heteroatoms. The largest absolute Gasteiger partial charge is 0.481 e. The maximum Gasteiger partial charge on any atom is 0.305 e. The van der Waals surface area contributed by atoms with E-state index in [1.807, 2.05) is 0 Å². The highest BCUT2D eigenvalue weighted by Gasteiger charge is 2.32. The van der Waals surface area contributed by atoms with Crippen molar-refractivity contribution in [1.29, 1.82) is 0 Å². The smallest absolute Gasteiger partial charge is 0.305 e. The lowest BCUT2D eigenvalue weighted by atomic mass is 9.97. The minimum atomic E-state index is -0.907. The molecule has 2 rings (SSSR count). The van der Waals surface area contributed by atoms with Crippen molar-refractivity contribution in [3.8, 4) is 0 Å². The fourth-order valence-electron chi connectivity index (χ4n) is 3.36. The number of carbonyl (C=O) groups excluding carboxylic acids is 1. The Balaban J connectivity index is 1.72. The molecule has 0 saturated carbocycles. The van der Waals surface area contributed by atoms with Gasteiger partial charge in [-0.15, -0.1) is 0 Å². The van der Waals surface area contributed by atoms with E-state index in [1.165, 1.54) is 19.3 Å². The fourth-order valence-corrected chi connectivity index (χ4v) is 3.36. The number of amides is 1. The molecule has 2 heterocycles. The Kier molecular flexibility index (Phi) is 7.26. The second-order valence-corrected chi connectivity index (χ2v) is 6.48. The maximum absolute atomic E-state index is 12.1. The Morgan fingerprint density at radius 3 is 2.57 bits per heavy atom. The van der Waals surface area contributed by atoms with Gasteiger partial charge in [0, 0.05) is 13.0 Å². The zero-order valence-electron chi connectivity index (χ0n) is 13.6. The standard InChI is InChI=1S/C16H28N2O5/c19-11-14-13(5-4-12(23-14)10-16(21)22)17-15(20)6-9-18-7-2-1-3-8-18/h12-14,19H,1-11H2,(H,17,20)(H,21,22)/t12-,13+,14-/m0/s1. The van der Waals surface area contributed by atoms with Crippen LogP contribution in [0.1, 0.15) is 44.9 Å². The number of likely N-dealkylation sites (tertiary alicyclic amines) is 1. The Morgan fingerprint density at radius 1 is 1.17 bits per heavy atom. The molecule has 132 valence electrons. The highest BCUT2D eigenvalue weighted by molar-refractivity contribution is 5.76. The molecular weight excluding hydrogens is 300 g/mol. The Morgan fingerprint density at radius 2 is 1.91 bits per heavy atom. The highest BCUT2D eigenvalue weighted by atomic mass is 16.5. The van der Waals surface area contributed by atoms with Crippen molar-refractivity contribution in [2.45, 2.75) is 63.2 Å². The number of aliphatic carboxylic acids is 1. The second kappa shape index (κ2) is 9.20. The number of hydrogen-bond acceptors (Lipinski definition) is 5. The first kappa shape index (κ1) is 18.2. The van der Waals surface area contributed by atoms with Crippen LogP contribution >= 0.6 is 0 Å². The molecule has 0 aromatic carbocycles. The van der Waals surface area contributed by atoms with Gasteiger partial charge in [0.25, 0.3) is 0 Å². The molecule has 0 aromatic heterocycles. The molecule has 2 fully saturated rings. The van der Waals surface area contributed by atoms with Crippen molar-refractivity contribution < 1.29 is 24.5 Å². The van der Waals surface area contributed by atoms with Gasteiger partial charge in [-0.25, -0.2) is 0 Å². The van der Waals surface area contributed by atoms with Gasteiger partial charge in [0.1, 0.15) is 6.10 Å². The normalized spacial score (nSPS) is 29.2. The van der Waals surface area contributed by atoms with E-state index in [9.17, 15) is 14.7 Å². The van der Waals surface area contributed by atoms with Crippen molar-refractivity contribution in [2.24, 2.45) is 0 Å². The number of carbonyl (C=O) groups is 2. The molecule has 23 heavy (non-hydrogen) atoms. The predicted molar refractivity (Wildman–Crippen MR) is 84.1 cm³/mol. The Labute approximate surface area is 137 Å². The third-order valence-electron chi connectivity index (χ3n) is 4.65. The number of rotatable bonds is 7. The number of aliphatic hydroxyl groups is 1. The number of carboxylic acids is 1. The van der Waals surface area contributed by atoms with Gasteiger partial charge in [-0.1, -0.05) is 6.42 Å². The molecule has 0 spiro atoms. The van der Waals surface area contributed by atoms with Gasteiger partial charge in [0.15, 0.2) is 0 Å². The van der Waals surface area contributed by atoms with Gasteiger partial charge in [-0.2, -0.15) is 0 Å². The number of hydrogen-bond donors (Lipinski definition) is 3. The van der Waals surface area contributed by atoms with Gasteiger partial charge in [-0.05, 0) is 38.8 Å². The van der Waals surface area contributed by atoms with Crippen molar-refractivity contribution >= 4 is 11.9 Å². The van der Waals surface area contributed by atoms with Crippen LogP contribution in [0.25, 0.3) is 0 Å². The summed E-state index contributed by atoms with van der Waals surface area (Å²) in [6.45, 7) is 2.68. The molecule has 0 aliphatic carbocycles. The number of aliphatic hydroxyl groups excluding tert-OH is 1. The number of ether oxygens (including phenoxy) is 1. The highest BCUT2D eigenvalue weighted by Crippen LogP contribution is 2.22. The van der Waals surface area contributed by atoms with Gasteiger partial charge in [0.05, 0.1) is 25.2 Å². The summed E-state index contributed by atoms with van der Waals surface area (Å²) in [6, 6.07) is -0.237. The summed E-state index contributed by atoms with van der Waals surface area (Å²) in [5.41, 5.74) is 0. The summed E-state index contributed by atoms with van der Waals surface area (Å²) in [7, 11) is 0. The summed E-state index contributed by atoms with van der Waals surface area (Å²) in [6.07, 6.45) is 4.39. The molecule has 3 N–H and O–H groups in total. The first-order chi connectivity index (χ1) is 11.1. The van der Waals surface area contributed by atoms with Gasteiger partial charge in [0.2, 0.25) is 5.91 Å². The van der Waals surface area contributed by atoms with E-state index < -0.39 is 12.1 Å². The van der Waals surface area contributed by atoms with E-state index in [2.05, 4.69) is 10.2 Å². The van der Waals surface area contributed by atoms with E-state index in [1.54, 1.807) is 0 Å². The van der Waals surface area contributed by atoms with E-state index in [4.69, 9.17) is 9.84 Å². The molecular formula is C16H28N2O5. The monoisotopic (exact) mass is 328 g/mol. The van der Waals surface area contributed by atoms with Crippen LogP contribution in [0.4, 0.5) is 0 Å². The number of carboxylic acid groups (broad SMARTS) is 1. The van der Waals surface area contributed by atoms with E-state index in [0.717, 1.165) is 19.6 Å². The Hall–Kier alpha value is -1.18. The van der Waals surface area contributed by atoms with Crippen molar-refractivity contribution in [1.82, 2.24) is 10.2 Å².